The molecule has 0 aliphatic carbocycles. The molecule has 0 aromatic heterocycles. The second-order valence-corrected chi connectivity index (χ2v) is 7.50. The largest absolute Gasteiger partial charge is 0.489 e. The quantitative estimate of drug-likeness (QED) is 0.344. The summed E-state index contributed by atoms with van der Waals surface area (Å²) in [6, 6.07) is 20.4. The Balaban J connectivity index is 1.79. The van der Waals surface area contributed by atoms with Crippen molar-refractivity contribution >= 4 is 16.7 Å². The first kappa shape index (κ1) is 20.7. The summed E-state index contributed by atoms with van der Waals surface area (Å²) in [6.07, 6.45) is 2.27. The molecular formula is C26H28O3. The van der Waals surface area contributed by atoms with E-state index in [4.69, 9.17) is 9.47 Å². The lowest BCUT2D eigenvalue weighted by atomic mass is 9.79. The summed E-state index contributed by atoms with van der Waals surface area (Å²) >= 11 is 0. The lowest BCUT2D eigenvalue weighted by Crippen LogP contribution is -2.34. The summed E-state index contributed by atoms with van der Waals surface area (Å²) < 4.78 is 11.3. The molecule has 0 saturated carbocycles. The summed E-state index contributed by atoms with van der Waals surface area (Å²) in [5.41, 5.74) is 2.52. The van der Waals surface area contributed by atoms with E-state index < -0.39 is 5.41 Å². The third kappa shape index (κ3) is 4.51. The first-order valence-electron chi connectivity index (χ1n) is 9.97. The fraction of sp³-hybridized carbons (Fsp3) is 0.269. The minimum absolute atomic E-state index is 0.236. The Morgan fingerprint density at radius 1 is 1.10 bits per heavy atom. The second-order valence-electron chi connectivity index (χ2n) is 7.50. The monoisotopic (exact) mass is 388 g/mol. The van der Waals surface area contributed by atoms with Crippen molar-refractivity contribution in [2.24, 2.45) is 0 Å². The number of ether oxygens (including phenoxy) is 2. The molecule has 0 fully saturated rings. The first-order chi connectivity index (χ1) is 14.0. The van der Waals surface area contributed by atoms with E-state index in [1.54, 1.807) is 6.08 Å². The van der Waals surface area contributed by atoms with Crippen LogP contribution in [-0.4, -0.2) is 12.6 Å². The molecule has 0 saturated heterocycles. The second kappa shape index (κ2) is 8.95. The van der Waals surface area contributed by atoms with Gasteiger partial charge in [-0.3, -0.25) is 4.79 Å². The van der Waals surface area contributed by atoms with E-state index in [0.29, 0.717) is 19.6 Å². The number of carbonyl (C=O) groups is 1. The lowest BCUT2D eigenvalue weighted by molar-refractivity contribution is -0.149. The van der Waals surface area contributed by atoms with Gasteiger partial charge in [0.2, 0.25) is 0 Å². The number of carbonyl (C=O) groups excluding carboxylic acids is 1. The van der Waals surface area contributed by atoms with Gasteiger partial charge in [-0.25, -0.2) is 0 Å². The number of esters is 1. The Morgan fingerprint density at radius 2 is 1.83 bits per heavy atom. The number of benzene rings is 3. The summed E-state index contributed by atoms with van der Waals surface area (Å²) in [6.45, 7) is 10.4. The number of hydrogen-bond acceptors (Lipinski definition) is 3. The molecule has 0 bridgehead atoms. The molecule has 0 N–H and O–H groups in total. The van der Waals surface area contributed by atoms with Crippen LogP contribution in [0.15, 0.2) is 73.3 Å². The molecule has 0 aliphatic rings. The van der Waals surface area contributed by atoms with Crippen LogP contribution in [0, 0.1) is 6.92 Å². The highest BCUT2D eigenvalue weighted by Gasteiger charge is 2.35. The van der Waals surface area contributed by atoms with Gasteiger partial charge in [0.05, 0.1) is 12.0 Å². The van der Waals surface area contributed by atoms with Crippen molar-refractivity contribution in [2.75, 3.05) is 6.61 Å². The van der Waals surface area contributed by atoms with E-state index in [9.17, 15) is 4.79 Å². The van der Waals surface area contributed by atoms with E-state index in [2.05, 4.69) is 43.8 Å². The van der Waals surface area contributed by atoms with Gasteiger partial charge in [-0.15, -0.1) is 6.58 Å². The van der Waals surface area contributed by atoms with Crippen LogP contribution in [-0.2, 0) is 21.6 Å². The van der Waals surface area contributed by atoms with Gasteiger partial charge in [0.15, 0.2) is 0 Å². The first-order valence-corrected chi connectivity index (χ1v) is 9.97. The number of aryl methyl sites for hydroxylation is 1. The Hall–Kier alpha value is -3.07. The van der Waals surface area contributed by atoms with Crippen LogP contribution < -0.4 is 4.74 Å². The number of allylic oxidation sites excluding steroid dienone is 1. The summed E-state index contributed by atoms with van der Waals surface area (Å²) in [5.74, 6) is 0.531. The summed E-state index contributed by atoms with van der Waals surface area (Å²) in [4.78, 5) is 12.5. The average molecular weight is 389 g/mol. The van der Waals surface area contributed by atoms with Crippen molar-refractivity contribution in [3.05, 3.63) is 90.0 Å². The maximum Gasteiger partial charge on any atom is 0.316 e. The fourth-order valence-corrected chi connectivity index (χ4v) is 3.65. The Bertz CT molecular complexity index is 1000. The molecular weight excluding hydrogens is 360 g/mol. The molecule has 0 amide bonds. The van der Waals surface area contributed by atoms with Crippen LogP contribution in [0.5, 0.6) is 5.75 Å². The van der Waals surface area contributed by atoms with Crippen LogP contribution in [0.4, 0.5) is 0 Å². The van der Waals surface area contributed by atoms with Crippen LogP contribution in [0.2, 0.25) is 0 Å². The molecule has 0 heterocycles. The van der Waals surface area contributed by atoms with Crippen molar-refractivity contribution < 1.29 is 14.3 Å². The predicted octanol–water partition coefficient (Wildman–Crippen LogP) is 6.12. The van der Waals surface area contributed by atoms with Crippen LogP contribution >= 0.6 is 0 Å². The van der Waals surface area contributed by atoms with E-state index in [0.717, 1.165) is 16.9 Å². The van der Waals surface area contributed by atoms with Gasteiger partial charge in [0, 0.05) is 0 Å². The standard InChI is InChI=1S/C26H28O3/c1-5-15-26(4,25(27)28-6-2)22-11-13-23(14-12-22)29-18-21-17-19(3)16-20-9-7-8-10-24(20)21/h5,7-14,16-17H,1,6,15,18H2,2-4H3/t26-/m0/s1. The van der Waals surface area contributed by atoms with Gasteiger partial charge in [-0.2, -0.15) is 0 Å². The van der Waals surface area contributed by atoms with Gasteiger partial charge >= 0.3 is 5.97 Å². The highest BCUT2D eigenvalue weighted by molar-refractivity contribution is 5.86. The van der Waals surface area contributed by atoms with Gasteiger partial charge < -0.3 is 9.47 Å². The highest BCUT2D eigenvalue weighted by Crippen LogP contribution is 2.31. The number of rotatable bonds is 8. The Morgan fingerprint density at radius 3 is 2.52 bits per heavy atom. The molecule has 1 atom stereocenters. The molecule has 3 rings (SSSR count). The minimum atomic E-state index is -0.747. The Kier molecular flexibility index (Phi) is 6.38. The SMILES string of the molecule is C=CC[C@](C)(C(=O)OCC)c1ccc(OCc2cc(C)cc3ccccc23)cc1. The van der Waals surface area contributed by atoms with Crippen molar-refractivity contribution in [1.29, 1.82) is 0 Å². The zero-order valence-electron chi connectivity index (χ0n) is 17.4. The third-order valence-electron chi connectivity index (χ3n) is 5.26. The third-order valence-corrected chi connectivity index (χ3v) is 5.26. The zero-order valence-corrected chi connectivity index (χ0v) is 17.4. The number of fused-ring (bicyclic) bond motifs is 1. The van der Waals surface area contributed by atoms with Gasteiger partial charge in [-0.1, -0.05) is 60.2 Å². The molecule has 29 heavy (non-hydrogen) atoms. The lowest BCUT2D eigenvalue weighted by Gasteiger charge is -2.26. The van der Waals surface area contributed by atoms with E-state index in [-0.39, 0.29) is 5.97 Å². The zero-order chi connectivity index (χ0) is 20.9. The molecule has 3 heteroatoms. The number of hydrogen-bond donors (Lipinski definition) is 0. The average Bonchev–Trinajstić information content (AvgIpc) is 2.72. The molecule has 0 aliphatic heterocycles. The van der Waals surface area contributed by atoms with Gasteiger partial charge in [0.25, 0.3) is 0 Å². The summed E-state index contributed by atoms with van der Waals surface area (Å²) in [5, 5.41) is 2.42. The topological polar surface area (TPSA) is 35.5 Å². The summed E-state index contributed by atoms with van der Waals surface area (Å²) in [7, 11) is 0. The highest BCUT2D eigenvalue weighted by atomic mass is 16.5. The van der Waals surface area contributed by atoms with Gasteiger partial charge in [-0.05, 0) is 61.2 Å². The predicted molar refractivity (Wildman–Crippen MR) is 118 cm³/mol. The smallest absolute Gasteiger partial charge is 0.316 e. The fourth-order valence-electron chi connectivity index (χ4n) is 3.65. The molecule has 3 aromatic rings. The Labute approximate surface area is 173 Å². The van der Waals surface area contributed by atoms with Crippen LogP contribution in [0.1, 0.15) is 37.0 Å². The maximum atomic E-state index is 12.5. The van der Waals surface area contributed by atoms with E-state index >= 15 is 0 Å². The molecule has 3 aromatic carbocycles. The molecule has 0 spiro atoms. The van der Waals surface area contributed by atoms with Crippen molar-refractivity contribution in [3.8, 4) is 5.75 Å². The molecule has 3 nitrogen and oxygen atoms in total. The molecule has 0 unspecified atom stereocenters. The van der Waals surface area contributed by atoms with Crippen molar-refractivity contribution in [3.63, 3.8) is 0 Å². The van der Waals surface area contributed by atoms with Crippen molar-refractivity contribution in [2.45, 2.75) is 39.2 Å². The van der Waals surface area contributed by atoms with E-state index in [1.807, 2.05) is 44.2 Å². The van der Waals surface area contributed by atoms with Crippen LogP contribution in [0.25, 0.3) is 10.8 Å². The normalized spacial score (nSPS) is 12.9. The van der Waals surface area contributed by atoms with Gasteiger partial charge in [0.1, 0.15) is 12.4 Å². The van der Waals surface area contributed by atoms with E-state index in [1.165, 1.54) is 16.3 Å². The minimum Gasteiger partial charge on any atom is -0.489 e. The van der Waals surface area contributed by atoms with Crippen LogP contribution in [0.3, 0.4) is 0 Å². The van der Waals surface area contributed by atoms with Crippen molar-refractivity contribution in [1.82, 2.24) is 0 Å². The molecule has 0 radical (unpaired) electrons. The molecule has 150 valence electrons. The maximum absolute atomic E-state index is 12.5.